The number of anilines is 1. The summed E-state index contributed by atoms with van der Waals surface area (Å²) in [5.74, 6) is -0.488. The first-order valence-electron chi connectivity index (χ1n) is 10.6. The molecule has 35 heavy (non-hydrogen) atoms. The summed E-state index contributed by atoms with van der Waals surface area (Å²) in [6.07, 6.45) is 0. The minimum atomic E-state index is -0.885. The molecule has 0 aliphatic heterocycles. The van der Waals surface area contributed by atoms with E-state index in [4.69, 9.17) is 20.9 Å². The van der Waals surface area contributed by atoms with Gasteiger partial charge in [-0.2, -0.15) is 4.37 Å². The Kier molecular flexibility index (Phi) is 8.26. The number of nitrogens with two attached hydrogens (primary N) is 2. The molecule has 2 aromatic carbocycles. The molecule has 0 saturated carbocycles. The van der Waals surface area contributed by atoms with Crippen LogP contribution < -0.4 is 26.3 Å². The number of benzene rings is 2. The summed E-state index contributed by atoms with van der Waals surface area (Å²) in [6, 6.07) is 13.6. The Hall–Kier alpha value is -4.12. The van der Waals surface area contributed by atoms with E-state index in [1.54, 1.807) is 50.4 Å². The second-order valence-electron chi connectivity index (χ2n) is 7.62. The molecular weight excluding hydrogens is 470 g/mol. The highest BCUT2D eigenvalue weighted by Crippen LogP contribution is 2.27. The van der Waals surface area contributed by atoms with Crippen molar-refractivity contribution in [1.29, 1.82) is 0 Å². The lowest BCUT2D eigenvalue weighted by molar-refractivity contribution is -0.125. The molecule has 0 spiro atoms. The number of rotatable bonds is 10. The molecule has 0 radical (unpaired) electrons. The lowest BCUT2D eigenvalue weighted by atomic mass is 10.1. The monoisotopic (exact) mass is 497 g/mol. The van der Waals surface area contributed by atoms with Crippen molar-refractivity contribution in [2.45, 2.75) is 26.1 Å². The first-order chi connectivity index (χ1) is 16.8. The van der Waals surface area contributed by atoms with Crippen LogP contribution in [0, 0.1) is 0 Å². The van der Waals surface area contributed by atoms with Crippen molar-refractivity contribution in [2.75, 3.05) is 20.0 Å². The van der Waals surface area contributed by atoms with Crippen LogP contribution in [0.3, 0.4) is 0 Å². The maximum Gasteiger partial charge on any atom is 0.270 e. The molecule has 0 fully saturated rings. The Morgan fingerprint density at radius 3 is 2.37 bits per heavy atom. The second kappa shape index (κ2) is 11.3. The van der Waals surface area contributed by atoms with Crippen LogP contribution in [-0.2, 0) is 17.9 Å². The summed E-state index contributed by atoms with van der Waals surface area (Å²) in [4.78, 5) is 39.6. The molecule has 3 rings (SSSR count). The van der Waals surface area contributed by atoms with E-state index in [0.717, 1.165) is 17.1 Å². The van der Waals surface area contributed by atoms with Crippen molar-refractivity contribution in [1.82, 2.24) is 14.6 Å². The molecule has 0 unspecified atom stereocenters. The van der Waals surface area contributed by atoms with Crippen LogP contribution in [0.1, 0.15) is 38.2 Å². The van der Waals surface area contributed by atoms with Crippen LogP contribution in [0.4, 0.5) is 5.69 Å². The third kappa shape index (κ3) is 5.87. The highest BCUT2D eigenvalue weighted by atomic mass is 32.1. The van der Waals surface area contributed by atoms with E-state index in [2.05, 4.69) is 9.69 Å². The van der Waals surface area contributed by atoms with E-state index in [0.29, 0.717) is 17.1 Å². The SMILES string of the molecule is COc1ccc(CNC(=O)[C@@H](C)N(Cc2ccccc2OC)C(=O)c2snc(C(N)=O)c2N)cc1. The van der Waals surface area contributed by atoms with Gasteiger partial charge in [-0.3, -0.25) is 14.4 Å². The number of para-hydroxylation sites is 1. The summed E-state index contributed by atoms with van der Waals surface area (Å²) >= 11 is 0.762. The van der Waals surface area contributed by atoms with Gasteiger partial charge in [0.15, 0.2) is 5.69 Å². The average molecular weight is 498 g/mol. The van der Waals surface area contributed by atoms with Crippen LogP contribution in [0.25, 0.3) is 0 Å². The molecule has 184 valence electrons. The summed E-state index contributed by atoms with van der Waals surface area (Å²) in [5.41, 5.74) is 12.6. The van der Waals surface area contributed by atoms with Crippen molar-refractivity contribution in [2.24, 2.45) is 5.73 Å². The zero-order valence-corrected chi connectivity index (χ0v) is 20.4. The molecule has 0 bridgehead atoms. The lowest BCUT2D eigenvalue weighted by Gasteiger charge is -2.29. The zero-order valence-electron chi connectivity index (χ0n) is 19.6. The fourth-order valence-corrected chi connectivity index (χ4v) is 4.14. The fourth-order valence-electron chi connectivity index (χ4n) is 3.38. The number of primary amides is 1. The minimum absolute atomic E-state index is 0.0310. The number of carbonyl (C=O) groups excluding carboxylic acids is 3. The summed E-state index contributed by atoms with van der Waals surface area (Å²) in [5, 5.41) is 2.85. The molecule has 1 heterocycles. The zero-order chi connectivity index (χ0) is 25.5. The van der Waals surface area contributed by atoms with Crippen molar-refractivity contribution in [3.8, 4) is 11.5 Å². The van der Waals surface area contributed by atoms with Crippen LogP contribution in [-0.4, -0.2) is 47.3 Å². The molecule has 3 aromatic rings. The Morgan fingerprint density at radius 2 is 1.77 bits per heavy atom. The van der Waals surface area contributed by atoms with Gasteiger partial charge >= 0.3 is 0 Å². The highest BCUT2D eigenvalue weighted by Gasteiger charge is 2.31. The predicted molar refractivity (Wildman–Crippen MR) is 132 cm³/mol. The third-order valence-electron chi connectivity index (χ3n) is 5.42. The third-order valence-corrected chi connectivity index (χ3v) is 6.27. The van der Waals surface area contributed by atoms with Gasteiger partial charge in [0.2, 0.25) is 5.91 Å². The predicted octanol–water partition coefficient (Wildman–Crippen LogP) is 2.19. The van der Waals surface area contributed by atoms with Gasteiger partial charge in [0.1, 0.15) is 22.4 Å². The highest BCUT2D eigenvalue weighted by molar-refractivity contribution is 7.09. The van der Waals surface area contributed by atoms with Crippen LogP contribution in [0.2, 0.25) is 0 Å². The van der Waals surface area contributed by atoms with Crippen LogP contribution in [0.15, 0.2) is 48.5 Å². The van der Waals surface area contributed by atoms with Crippen molar-refractivity contribution < 1.29 is 23.9 Å². The van der Waals surface area contributed by atoms with Gasteiger partial charge in [-0.05, 0) is 42.2 Å². The Labute approximate surface area is 207 Å². The molecule has 0 saturated heterocycles. The maximum absolute atomic E-state index is 13.5. The topological polar surface area (TPSA) is 150 Å². The first kappa shape index (κ1) is 25.5. The Balaban J connectivity index is 1.86. The molecule has 0 aliphatic rings. The molecule has 5 N–H and O–H groups in total. The molecule has 10 nitrogen and oxygen atoms in total. The number of aromatic nitrogens is 1. The number of nitrogens with zero attached hydrogens (tertiary/aromatic N) is 2. The van der Waals surface area contributed by atoms with Gasteiger partial charge in [-0.25, -0.2) is 0 Å². The molecule has 3 amide bonds. The van der Waals surface area contributed by atoms with Gasteiger partial charge in [-0.1, -0.05) is 30.3 Å². The minimum Gasteiger partial charge on any atom is -0.497 e. The molecule has 1 atom stereocenters. The first-order valence-corrected chi connectivity index (χ1v) is 11.4. The van der Waals surface area contributed by atoms with Gasteiger partial charge < -0.3 is 31.2 Å². The Morgan fingerprint density at radius 1 is 1.09 bits per heavy atom. The van der Waals surface area contributed by atoms with E-state index >= 15 is 0 Å². The molecule has 11 heteroatoms. The van der Waals surface area contributed by atoms with Gasteiger partial charge in [0, 0.05) is 12.1 Å². The number of carbonyl (C=O) groups is 3. The summed E-state index contributed by atoms with van der Waals surface area (Å²) in [6.45, 7) is 1.94. The molecule has 1 aromatic heterocycles. The lowest BCUT2D eigenvalue weighted by Crippen LogP contribution is -2.47. The molecule has 0 aliphatic carbocycles. The largest absolute Gasteiger partial charge is 0.497 e. The van der Waals surface area contributed by atoms with Crippen LogP contribution >= 0.6 is 11.5 Å². The Bertz CT molecular complexity index is 1210. The summed E-state index contributed by atoms with van der Waals surface area (Å²) in [7, 11) is 3.10. The number of nitrogens with one attached hydrogen (secondary N) is 1. The van der Waals surface area contributed by atoms with E-state index < -0.39 is 17.9 Å². The number of methoxy groups -OCH3 is 2. The fraction of sp³-hybridized carbons (Fsp3) is 0.250. The smallest absolute Gasteiger partial charge is 0.270 e. The normalized spacial score (nSPS) is 11.4. The van der Waals surface area contributed by atoms with E-state index in [-0.39, 0.29) is 35.3 Å². The maximum atomic E-state index is 13.5. The van der Waals surface area contributed by atoms with Gasteiger partial charge in [0.25, 0.3) is 11.8 Å². The van der Waals surface area contributed by atoms with E-state index in [1.807, 2.05) is 12.1 Å². The van der Waals surface area contributed by atoms with Gasteiger partial charge in [0.05, 0.1) is 26.5 Å². The molecular formula is C24H27N5O5S. The number of amides is 3. The van der Waals surface area contributed by atoms with Crippen molar-refractivity contribution in [3.63, 3.8) is 0 Å². The number of hydrogen-bond acceptors (Lipinski definition) is 8. The number of nitrogen functional groups attached to an aromatic ring is 1. The average Bonchev–Trinajstić information content (AvgIpc) is 3.27. The number of ether oxygens (including phenoxy) is 2. The summed E-state index contributed by atoms with van der Waals surface area (Å²) < 4.78 is 14.5. The standard InChI is InChI=1S/C24H27N5O5S/c1-14(23(31)27-12-15-8-10-17(33-2)11-9-15)29(13-16-6-4-5-7-18(16)34-3)24(32)21-19(25)20(22(26)30)28-35-21/h4-11,14H,12-13,25H2,1-3H3,(H2,26,30)(H,27,31)/t14-/m1/s1. The second-order valence-corrected chi connectivity index (χ2v) is 8.40. The van der Waals surface area contributed by atoms with Crippen LogP contribution in [0.5, 0.6) is 11.5 Å². The van der Waals surface area contributed by atoms with E-state index in [9.17, 15) is 14.4 Å². The quantitative estimate of drug-likeness (QED) is 0.388. The number of hydrogen-bond donors (Lipinski definition) is 3. The van der Waals surface area contributed by atoms with Crippen molar-refractivity contribution >= 4 is 34.9 Å². The van der Waals surface area contributed by atoms with Gasteiger partial charge in [-0.15, -0.1) is 0 Å². The van der Waals surface area contributed by atoms with E-state index in [1.165, 1.54) is 12.0 Å². The van der Waals surface area contributed by atoms with Crippen molar-refractivity contribution in [3.05, 3.63) is 70.2 Å².